The van der Waals surface area contributed by atoms with Crippen molar-refractivity contribution in [1.29, 1.82) is 0 Å². The molecule has 0 aromatic heterocycles. The highest BCUT2D eigenvalue weighted by atomic mass is 16.2. The molecule has 0 aromatic rings. The first-order chi connectivity index (χ1) is 8.89. The molecule has 1 atom stereocenters. The maximum atomic E-state index is 12.4. The van der Waals surface area contributed by atoms with Gasteiger partial charge in [0.05, 0.1) is 6.04 Å². The molecule has 4 nitrogen and oxygen atoms in total. The fourth-order valence-electron chi connectivity index (χ4n) is 3.13. The zero-order valence-electron chi connectivity index (χ0n) is 12.7. The van der Waals surface area contributed by atoms with Gasteiger partial charge < -0.3 is 15.5 Å². The first-order valence-electron chi connectivity index (χ1n) is 7.68. The average Bonchev–Trinajstić information content (AvgIpc) is 2.90. The molecule has 2 fully saturated rings. The van der Waals surface area contributed by atoms with E-state index in [1.165, 1.54) is 25.9 Å². The van der Waals surface area contributed by atoms with Crippen molar-refractivity contribution in [3.63, 3.8) is 0 Å². The molecule has 0 bridgehead atoms. The summed E-state index contributed by atoms with van der Waals surface area (Å²) in [5.74, 6) is 0.132. The Morgan fingerprint density at radius 3 is 2.11 bits per heavy atom. The third-order valence-electron chi connectivity index (χ3n) is 4.63. The lowest BCUT2D eigenvalue weighted by molar-refractivity contribution is -0.136. The number of carbonyl (C=O) groups is 1. The van der Waals surface area contributed by atoms with Crippen molar-refractivity contribution in [3.05, 3.63) is 0 Å². The van der Waals surface area contributed by atoms with Gasteiger partial charge in [0.15, 0.2) is 0 Å². The number of amides is 1. The van der Waals surface area contributed by atoms with Gasteiger partial charge in [0.1, 0.15) is 0 Å². The van der Waals surface area contributed by atoms with Crippen LogP contribution in [0.15, 0.2) is 0 Å². The molecule has 2 saturated heterocycles. The lowest BCUT2D eigenvalue weighted by atomic mass is 9.86. The van der Waals surface area contributed by atoms with Crippen LogP contribution in [-0.2, 0) is 4.79 Å². The monoisotopic (exact) mass is 267 g/mol. The van der Waals surface area contributed by atoms with Crippen molar-refractivity contribution in [1.82, 2.24) is 9.80 Å². The summed E-state index contributed by atoms with van der Waals surface area (Å²) in [6, 6.07) is 0.313. The Kier molecular flexibility index (Phi) is 4.51. The molecule has 0 unspecified atom stereocenters. The maximum absolute atomic E-state index is 12.4. The molecular weight excluding hydrogens is 238 g/mol. The summed E-state index contributed by atoms with van der Waals surface area (Å²) in [6.07, 6.45) is 4.91. The normalized spacial score (nSPS) is 24.7. The summed E-state index contributed by atoms with van der Waals surface area (Å²) in [5.41, 5.74) is 5.93. The summed E-state index contributed by atoms with van der Waals surface area (Å²) in [7, 11) is 0. The Bertz CT molecular complexity index is 310. The van der Waals surface area contributed by atoms with Gasteiger partial charge in [-0.05, 0) is 44.2 Å². The highest BCUT2D eigenvalue weighted by molar-refractivity contribution is 5.82. The van der Waals surface area contributed by atoms with Crippen molar-refractivity contribution in [2.24, 2.45) is 11.1 Å². The van der Waals surface area contributed by atoms with Crippen LogP contribution >= 0.6 is 0 Å². The molecule has 2 aliphatic rings. The molecule has 2 heterocycles. The molecule has 2 rings (SSSR count). The Morgan fingerprint density at radius 1 is 1.11 bits per heavy atom. The van der Waals surface area contributed by atoms with Crippen molar-refractivity contribution in [2.75, 3.05) is 26.2 Å². The van der Waals surface area contributed by atoms with Gasteiger partial charge in [-0.3, -0.25) is 4.79 Å². The van der Waals surface area contributed by atoms with Crippen LogP contribution in [0.25, 0.3) is 0 Å². The van der Waals surface area contributed by atoms with Crippen LogP contribution in [0.2, 0.25) is 0 Å². The molecule has 0 spiro atoms. The number of hydrogen-bond acceptors (Lipinski definition) is 3. The number of nitrogens with zero attached hydrogens (tertiary/aromatic N) is 2. The first kappa shape index (κ1) is 14.8. The van der Waals surface area contributed by atoms with Gasteiger partial charge in [0.2, 0.25) is 5.91 Å². The van der Waals surface area contributed by atoms with E-state index in [1.807, 2.05) is 25.7 Å². The van der Waals surface area contributed by atoms with E-state index >= 15 is 0 Å². The summed E-state index contributed by atoms with van der Waals surface area (Å²) >= 11 is 0. The van der Waals surface area contributed by atoms with E-state index in [0.717, 1.165) is 25.9 Å². The number of carbonyl (C=O) groups excluding carboxylic acids is 1. The molecule has 4 heteroatoms. The Balaban J connectivity index is 1.84. The number of nitrogens with two attached hydrogens (primary N) is 1. The molecular formula is C15H29N3O. The lowest BCUT2D eigenvalue weighted by Gasteiger charge is -2.39. The fourth-order valence-corrected chi connectivity index (χ4v) is 3.13. The average molecular weight is 267 g/mol. The largest absolute Gasteiger partial charge is 0.341 e. The lowest BCUT2D eigenvalue weighted by Crippen LogP contribution is -2.54. The zero-order valence-corrected chi connectivity index (χ0v) is 12.7. The Labute approximate surface area is 117 Å². The third-order valence-corrected chi connectivity index (χ3v) is 4.63. The van der Waals surface area contributed by atoms with E-state index in [0.29, 0.717) is 6.04 Å². The number of likely N-dealkylation sites (tertiary alicyclic amines) is 2. The molecule has 0 radical (unpaired) electrons. The minimum atomic E-state index is -0.379. The van der Waals surface area contributed by atoms with Crippen molar-refractivity contribution in [3.8, 4) is 0 Å². The summed E-state index contributed by atoms with van der Waals surface area (Å²) in [5, 5.41) is 0. The quantitative estimate of drug-likeness (QED) is 0.824. The molecule has 2 aliphatic heterocycles. The van der Waals surface area contributed by atoms with Crippen molar-refractivity contribution in [2.45, 2.75) is 58.5 Å². The van der Waals surface area contributed by atoms with Gasteiger partial charge in [-0.2, -0.15) is 0 Å². The van der Waals surface area contributed by atoms with E-state index in [2.05, 4.69) is 4.90 Å². The van der Waals surface area contributed by atoms with Gasteiger partial charge in [-0.1, -0.05) is 20.8 Å². The molecule has 0 aliphatic carbocycles. The smallest absolute Gasteiger partial charge is 0.240 e. The van der Waals surface area contributed by atoms with E-state index in [4.69, 9.17) is 5.73 Å². The Hall–Kier alpha value is -0.610. The predicted octanol–water partition coefficient (Wildman–Crippen LogP) is 1.45. The van der Waals surface area contributed by atoms with Crippen LogP contribution in [0.1, 0.15) is 46.5 Å². The molecule has 0 saturated carbocycles. The van der Waals surface area contributed by atoms with E-state index < -0.39 is 0 Å². The van der Waals surface area contributed by atoms with E-state index in [-0.39, 0.29) is 17.4 Å². The highest BCUT2D eigenvalue weighted by Gasteiger charge is 2.34. The minimum absolute atomic E-state index is 0.132. The van der Waals surface area contributed by atoms with Gasteiger partial charge in [-0.15, -0.1) is 0 Å². The summed E-state index contributed by atoms with van der Waals surface area (Å²) in [4.78, 5) is 16.9. The summed E-state index contributed by atoms with van der Waals surface area (Å²) < 4.78 is 0. The van der Waals surface area contributed by atoms with Crippen LogP contribution in [0.5, 0.6) is 0 Å². The van der Waals surface area contributed by atoms with Crippen LogP contribution in [0, 0.1) is 5.41 Å². The second-order valence-electron chi connectivity index (χ2n) is 7.14. The SMILES string of the molecule is CC(C)(C)[C@@H](N)C(=O)N1CCC(N2CCCC2)CC1. The van der Waals surface area contributed by atoms with Gasteiger partial charge in [-0.25, -0.2) is 0 Å². The highest BCUT2D eigenvalue weighted by Crippen LogP contribution is 2.24. The molecule has 2 N–H and O–H groups in total. The second kappa shape index (κ2) is 5.80. The Morgan fingerprint density at radius 2 is 1.63 bits per heavy atom. The van der Waals surface area contributed by atoms with E-state index in [1.54, 1.807) is 0 Å². The number of piperidine rings is 1. The van der Waals surface area contributed by atoms with Crippen molar-refractivity contribution < 1.29 is 4.79 Å². The standard InChI is InChI=1S/C15H29N3O/c1-15(2,3)13(16)14(19)18-10-6-12(7-11-18)17-8-4-5-9-17/h12-13H,4-11,16H2,1-3H3/t13-/m0/s1. The maximum Gasteiger partial charge on any atom is 0.240 e. The topological polar surface area (TPSA) is 49.6 Å². The van der Waals surface area contributed by atoms with E-state index in [9.17, 15) is 4.79 Å². The number of rotatable bonds is 2. The minimum Gasteiger partial charge on any atom is -0.341 e. The van der Waals surface area contributed by atoms with Crippen LogP contribution in [-0.4, -0.2) is 54.0 Å². The molecule has 1 amide bonds. The second-order valence-corrected chi connectivity index (χ2v) is 7.14. The summed E-state index contributed by atoms with van der Waals surface area (Å²) in [6.45, 7) is 10.4. The van der Waals surface area contributed by atoms with Gasteiger partial charge in [0.25, 0.3) is 0 Å². The predicted molar refractivity (Wildman–Crippen MR) is 77.8 cm³/mol. The van der Waals surface area contributed by atoms with Gasteiger partial charge >= 0.3 is 0 Å². The molecule has 110 valence electrons. The zero-order chi connectivity index (χ0) is 14.0. The first-order valence-corrected chi connectivity index (χ1v) is 7.68. The van der Waals surface area contributed by atoms with Crippen LogP contribution in [0.3, 0.4) is 0 Å². The third kappa shape index (κ3) is 3.48. The van der Waals surface area contributed by atoms with Gasteiger partial charge in [0, 0.05) is 19.1 Å². The fraction of sp³-hybridized carbons (Fsp3) is 0.933. The molecule has 19 heavy (non-hydrogen) atoms. The molecule has 0 aromatic carbocycles. The van der Waals surface area contributed by atoms with Crippen molar-refractivity contribution >= 4 is 5.91 Å². The van der Waals surface area contributed by atoms with Crippen LogP contribution < -0.4 is 5.73 Å². The van der Waals surface area contributed by atoms with Crippen LogP contribution in [0.4, 0.5) is 0 Å². The number of hydrogen-bond donors (Lipinski definition) is 1.